The molecule has 2 N–H and O–H groups in total. The monoisotopic (exact) mass is 288 g/mol. The molecule has 0 spiro atoms. The Labute approximate surface area is 122 Å². The Morgan fingerprint density at radius 2 is 2.15 bits per heavy atom. The van der Waals surface area contributed by atoms with Gasteiger partial charge in [0.15, 0.2) is 0 Å². The largest absolute Gasteiger partial charge is 0.496 e. The van der Waals surface area contributed by atoms with Crippen LogP contribution in [-0.4, -0.2) is 16.7 Å². The summed E-state index contributed by atoms with van der Waals surface area (Å²) in [6, 6.07) is 9.22. The van der Waals surface area contributed by atoms with Gasteiger partial charge in [0.05, 0.1) is 19.2 Å². The molecule has 20 heavy (non-hydrogen) atoms. The van der Waals surface area contributed by atoms with E-state index >= 15 is 0 Å². The number of hydrogen-bond acceptors (Lipinski definition) is 3. The Balaban J connectivity index is 2.37. The molecule has 0 aliphatic carbocycles. The number of aryl methyl sites for hydroxylation is 1. The van der Waals surface area contributed by atoms with E-state index in [1.807, 2.05) is 24.3 Å². The van der Waals surface area contributed by atoms with Crippen molar-refractivity contribution in [2.24, 2.45) is 5.73 Å². The van der Waals surface area contributed by atoms with Gasteiger partial charge in [-0.3, -0.25) is 4.79 Å². The fraction of sp³-hybridized carbons (Fsp3) is 0.200. The molecule has 1 heterocycles. The molecule has 4 nitrogen and oxygen atoms in total. The molecule has 0 aliphatic rings. The van der Waals surface area contributed by atoms with Gasteiger partial charge in [0.25, 0.3) is 5.56 Å². The summed E-state index contributed by atoms with van der Waals surface area (Å²) < 4.78 is 6.94. The molecule has 1 aromatic heterocycles. The summed E-state index contributed by atoms with van der Waals surface area (Å²) in [6.45, 7) is 2.28. The third-order valence-corrected chi connectivity index (χ3v) is 3.31. The summed E-state index contributed by atoms with van der Waals surface area (Å²) in [5.41, 5.74) is 8.01. The molecule has 0 amide bonds. The van der Waals surface area contributed by atoms with Crippen molar-refractivity contribution in [3.63, 3.8) is 0 Å². The first-order chi connectivity index (χ1) is 9.52. The maximum absolute atomic E-state index is 12.0. The smallest absolute Gasteiger partial charge is 0.253 e. The summed E-state index contributed by atoms with van der Waals surface area (Å²) >= 11 is 4.97. The average molecular weight is 288 g/mol. The molecule has 2 rings (SSSR count). The van der Waals surface area contributed by atoms with E-state index in [-0.39, 0.29) is 5.56 Å². The van der Waals surface area contributed by atoms with Crippen LogP contribution in [0, 0.1) is 6.92 Å². The van der Waals surface area contributed by atoms with E-state index in [4.69, 9.17) is 22.7 Å². The van der Waals surface area contributed by atoms with Gasteiger partial charge in [-0.05, 0) is 30.7 Å². The van der Waals surface area contributed by atoms with E-state index in [1.54, 1.807) is 30.9 Å². The molecule has 0 aliphatic heterocycles. The highest BCUT2D eigenvalue weighted by molar-refractivity contribution is 7.80. The van der Waals surface area contributed by atoms with Crippen molar-refractivity contribution in [2.75, 3.05) is 7.11 Å². The summed E-state index contributed by atoms with van der Waals surface area (Å²) in [5, 5.41) is 0. The minimum Gasteiger partial charge on any atom is -0.496 e. The summed E-state index contributed by atoms with van der Waals surface area (Å²) in [5.74, 6) is 0.621. The van der Waals surface area contributed by atoms with E-state index in [9.17, 15) is 4.79 Å². The Morgan fingerprint density at radius 1 is 1.40 bits per heavy atom. The molecule has 0 unspecified atom stereocenters. The molecule has 0 saturated carbocycles. The molecule has 0 radical (unpaired) electrons. The molecule has 0 atom stereocenters. The number of pyridine rings is 1. The van der Waals surface area contributed by atoms with E-state index in [1.165, 1.54) is 0 Å². The van der Waals surface area contributed by atoms with Gasteiger partial charge in [0, 0.05) is 11.8 Å². The highest BCUT2D eigenvalue weighted by Gasteiger charge is 2.08. The Kier molecular flexibility index (Phi) is 4.20. The maximum Gasteiger partial charge on any atom is 0.253 e. The van der Waals surface area contributed by atoms with Gasteiger partial charge in [-0.2, -0.15) is 0 Å². The standard InChI is InChI=1S/C15H16N2O2S/c1-10-4-3-7-17(15(10)18)9-11-5-6-12(14(16)20)13(8-11)19-2/h3-8H,9H2,1-2H3,(H2,16,20). The Bertz CT molecular complexity index is 707. The SMILES string of the molecule is COc1cc(Cn2cccc(C)c2=O)ccc1C(N)=S. The van der Waals surface area contributed by atoms with Gasteiger partial charge in [-0.25, -0.2) is 0 Å². The lowest BCUT2D eigenvalue weighted by Crippen LogP contribution is -2.21. The van der Waals surface area contributed by atoms with E-state index < -0.39 is 0 Å². The van der Waals surface area contributed by atoms with E-state index in [0.717, 1.165) is 11.1 Å². The van der Waals surface area contributed by atoms with Crippen LogP contribution in [0.4, 0.5) is 0 Å². The lowest BCUT2D eigenvalue weighted by atomic mass is 10.1. The van der Waals surface area contributed by atoms with Crippen LogP contribution in [-0.2, 0) is 6.54 Å². The quantitative estimate of drug-likeness (QED) is 0.872. The van der Waals surface area contributed by atoms with Crippen molar-refractivity contribution in [3.8, 4) is 5.75 Å². The predicted molar refractivity (Wildman–Crippen MR) is 83.4 cm³/mol. The van der Waals surface area contributed by atoms with Crippen LogP contribution in [0.1, 0.15) is 16.7 Å². The lowest BCUT2D eigenvalue weighted by molar-refractivity contribution is 0.413. The van der Waals surface area contributed by atoms with Crippen LogP contribution in [0.3, 0.4) is 0 Å². The van der Waals surface area contributed by atoms with Crippen molar-refractivity contribution >= 4 is 17.2 Å². The molecule has 0 fully saturated rings. The maximum atomic E-state index is 12.0. The predicted octanol–water partition coefficient (Wildman–Crippen LogP) is 1.85. The lowest BCUT2D eigenvalue weighted by Gasteiger charge is -2.11. The van der Waals surface area contributed by atoms with Crippen LogP contribution in [0.15, 0.2) is 41.3 Å². The molecule has 0 bridgehead atoms. The number of rotatable bonds is 4. The second kappa shape index (κ2) is 5.88. The fourth-order valence-corrected chi connectivity index (χ4v) is 2.18. The minimum atomic E-state index is 0.00453. The van der Waals surface area contributed by atoms with Crippen molar-refractivity contribution in [2.45, 2.75) is 13.5 Å². The zero-order valence-corrected chi connectivity index (χ0v) is 12.2. The van der Waals surface area contributed by atoms with Crippen LogP contribution in [0.5, 0.6) is 5.75 Å². The molecule has 1 aromatic carbocycles. The zero-order chi connectivity index (χ0) is 14.7. The number of nitrogens with zero attached hydrogens (tertiary/aromatic N) is 1. The second-order valence-electron chi connectivity index (χ2n) is 4.52. The number of thiocarbonyl (C=S) groups is 1. The normalized spacial score (nSPS) is 10.3. The first kappa shape index (κ1) is 14.3. The number of ether oxygens (including phenoxy) is 1. The first-order valence-corrected chi connectivity index (χ1v) is 6.56. The number of methoxy groups -OCH3 is 1. The van der Waals surface area contributed by atoms with Gasteiger partial charge < -0.3 is 15.0 Å². The second-order valence-corrected chi connectivity index (χ2v) is 4.96. The molecular formula is C15H16N2O2S. The fourth-order valence-electron chi connectivity index (χ4n) is 2.02. The van der Waals surface area contributed by atoms with Crippen molar-refractivity contribution < 1.29 is 4.74 Å². The van der Waals surface area contributed by atoms with E-state index in [0.29, 0.717) is 22.8 Å². The number of nitrogens with two attached hydrogens (primary N) is 1. The van der Waals surface area contributed by atoms with Crippen molar-refractivity contribution in [3.05, 3.63) is 63.6 Å². The molecule has 0 saturated heterocycles. The molecule has 5 heteroatoms. The highest BCUT2D eigenvalue weighted by atomic mass is 32.1. The van der Waals surface area contributed by atoms with Crippen LogP contribution in [0.25, 0.3) is 0 Å². The molecular weight excluding hydrogens is 272 g/mol. The number of aromatic nitrogens is 1. The van der Waals surface area contributed by atoms with Crippen LogP contribution in [0.2, 0.25) is 0 Å². The van der Waals surface area contributed by atoms with Gasteiger partial charge in [-0.1, -0.05) is 24.4 Å². The average Bonchev–Trinajstić information content (AvgIpc) is 2.43. The topological polar surface area (TPSA) is 57.2 Å². The Hall–Kier alpha value is -2.14. The van der Waals surface area contributed by atoms with Gasteiger partial charge >= 0.3 is 0 Å². The molecule has 104 valence electrons. The van der Waals surface area contributed by atoms with Gasteiger partial charge in [0.2, 0.25) is 0 Å². The number of benzene rings is 1. The summed E-state index contributed by atoms with van der Waals surface area (Å²) in [6.07, 6.45) is 1.77. The summed E-state index contributed by atoms with van der Waals surface area (Å²) in [4.78, 5) is 12.3. The van der Waals surface area contributed by atoms with E-state index in [2.05, 4.69) is 0 Å². The summed E-state index contributed by atoms with van der Waals surface area (Å²) in [7, 11) is 1.57. The number of hydrogen-bond donors (Lipinski definition) is 1. The van der Waals surface area contributed by atoms with Crippen molar-refractivity contribution in [1.82, 2.24) is 4.57 Å². The zero-order valence-electron chi connectivity index (χ0n) is 11.4. The Morgan fingerprint density at radius 3 is 2.80 bits per heavy atom. The third-order valence-electron chi connectivity index (χ3n) is 3.09. The van der Waals surface area contributed by atoms with Crippen molar-refractivity contribution in [1.29, 1.82) is 0 Å². The first-order valence-electron chi connectivity index (χ1n) is 6.15. The molecule has 2 aromatic rings. The van der Waals surface area contributed by atoms with Crippen LogP contribution >= 0.6 is 12.2 Å². The third kappa shape index (κ3) is 2.88. The van der Waals surface area contributed by atoms with Crippen LogP contribution < -0.4 is 16.0 Å². The highest BCUT2D eigenvalue weighted by Crippen LogP contribution is 2.20. The minimum absolute atomic E-state index is 0.00453. The van der Waals surface area contributed by atoms with Gasteiger partial charge in [-0.15, -0.1) is 0 Å². The van der Waals surface area contributed by atoms with Gasteiger partial charge in [0.1, 0.15) is 10.7 Å².